The molecule has 0 aromatic heterocycles. The molecule has 0 bridgehead atoms. The fourth-order valence-corrected chi connectivity index (χ4v) is 3.13. The maximum Gasteiger partial charge on any atom is 0.238 e. The summed E-state index contributed by atoms with van der Waals surface area (Å²) in [4.78, 5) is 26.4. The lowest BCUT2D eigenvalue weighted by Gasteiger charge is -2.17. The number of rotatable bonds is 6. The minimum absolute atomic E-state index is 0.128. The summed E-state index contributed by atoms with van der Waals surface area (Å²) in [5.74, 6) is -0.299. The average molecular weight is 375 g/mol. The SMILES string of the molecule is Cc1ccc(C)c(NC(=O)CN(C)CC(=O)Nc2cccc3ccccc23)c1. The largest absolute Gasteiger partial charge is 0.325 e. The Balaban J connectivity index is 1.56. The van der Waals surface area contributed by atoms with E-state index < -0.39 is 0 Å². The van der Waals surface area contributed by atoms with Crippen molar-refractivity contribution in [3.63, 3.8) is 0 Å². The number of hydrogen-bond donors (Lipinski definition) is 2. The Morgan fingerprint density at radius 2 is 1.46 bits per heavy atom. The van der Waals surface area contributed by atoms with Gasteiger partial charge in [0.25, 0.3) is 0 Å². The van der Waals surface area contributed by atoms with Gasteiger partial charge in [0.05, 0.1) is 13.1 Å². The molecule has 2 N–H and O–H groups in total. The van der Waals surface area contributed by atoms with Crippen LogP contribution in [0.25, 0.3) is 10.8 Å². The van der Waals surface area contributed by atoms with Gasteiger partial charge in [0.1, 0.15) is 0 Å². The summed E-state index contributed by atoms with van der Waals surface area (Å²) in [6.07, 6.45) is 0. The van der Waals surface area contributed by atoms with E-state index in [1.165, 1.54) is 0 Å². The smallest absolute Gasteiger partial charge is 0.238 e. The number of benzene rings is 3. The molecule has 0 aliphatic carbocycles. The molecule has 2 amide bonds. The quantitative estimate of drug-likeness (QED) is 0.685. The highest BCUT2D eigenvalue weighted by molar-refractivity contribution is 6.03. The van der Waals surface area contributed by atoms with Crippen LogP contribution in [0.2, 0.25) is 0 Å². The van der Waals surface area contributed by atoms with E-state index in [0.29, 0.717) is 0 Å². The minimum Gasteiger partial charge on any atom is -0.325 e. The van der Waals surface area contributed by atoms with E-state index in [1.807, 2.05) is 74.5 Å². The lowest BCUT2D eigenvalue weighted by molar-refractivity contribution is -0.119. The van der Waals surface area contributed by atoms with E-state index in [-0.39, 0.29) is 24.9 Å². The number of aryl methyl sites for hydroxylation is 2. The fourth-order valence-electron chi connectivity index (χ4n) is 3.13. The first kappa shape index (κ1) is 19.6. The van der Waals surface area contributed by atoms with Gasteiger partial charge in [-0.2, -0.15) is 0 Å². The van der Waals surface area contributed by atoms with Crippen molar-refractivity contribution in [3.8, 4) is 0 Å². The summed E-state index contributed by atoms with van der Waals surface area (Å²) >= 11 is 0. The van der Waals surface area contributed by atoms with E-state index in [4.69, 9.17) is 0 Å². The van der Waals surface area contributed by atoms with Gasteiger partial charge in [-0.1, -0.05) is 48.5 Å². The van der Waals surface area contributed by atoms with Crippen molar-refractivity contribution in [1.29, 1.82) is 0 Å². The molecule has 0 radical (unpaired) electrons. The van der Waals surface area contributed by atoms with Gasteiger partial charge in [0.2, 0.25) is 11.8 Å². The van der Waals surface area contributed by atoms with Crippen LogP contribution in [0.1, 0.15) is 11.1 Å². The van der Waals surface area contributed by atoms with Crippen molar-refractivity contribution in [2.75, 3.05) is 30.8 Å². The van der Waals surface area contributed by atoms with Gasteiger partial charge in [0.15, 0.2) is 0 Å². The molecule has 0 saturated carbocycles. The topological polar surface area (TPSA) is 61.4 Å². The molecule has 5 heteroatoms. The van der Waals surface area contributed by atoms with Crippen molar-refractivity contribution in [3.05, 3.63) is 71.8 Å². The van der Waals surface area contributed by atoms with Gasteiger partial charge in [-0.15, -0.1) is 0 Å². The molecule has 0 unspecified atom stereocenters. The number of likely N-dealkylation sites (N-methyl/N-ethyl adjacent to an activating group) is 1. The molecule has 0 atom stereocenters. The molecular formula is C23H25N3O2. The Hall–Kier alpha value is -3.18. The number of nitrogens with zero attached hydrogens (tertiary/aromatic N) is 1. The second-order valence-corrected chi connectivity index (χ2v) is 7.11. The standard InChI is InChI=1S/C23H25N3O2/c1-16-11-12-17(2)21(13-16)25-23(28)15-26(3)14-22(27)24-20-10-6-8-18-7-4-5-9-19(18)20/h4-13H,14-15H2,1-3H3,(H,24,27)(H,25,28). The molecular weight excluding hydrogens is 350 g/mol. The first-order valence-corrected chi connectivity index (χ1v) is 9.25. The van der Waals surface area contributed by atoms with Gasteiger partial charge in [0, 0.05) is 16.8 Å². The highest BCUT2D eigenvalue weighted by Gasteiger charge is 2.13. The molecule has 5 nitrogen and oxygen atoms in total. The minimum atomic E-state index is -0.154. The van der Waals surface area contributed by atoms with Gasteiger partial charge in [-0.3, -0.25) is 14.5 Å². The Kier molecular flexibility index (Phi) is 6.06. The zero-order valence-electron chi connectivity index (χ0n) is 16.5. The first-order chi connectivity index (χ1) is 13.4. The zero-order chi connectivity index (χ0) is 20.1. The van der Waals surface area contributed by atoms with E-state index >= 15 is 0 Å². The lowest BCUT2D eigenvalue weighted by atomic mass is 10.1. The molecule has 28 heavy (non-hydrogen) atoms. The van der Waals surface area contributed by atoms with Crippen molar-refractivity contribution >= 4 is 34.0 Å². The van der Waals surface area contributed by atoms with Crippen LogP contribution in [-0.2, 0) is 9.59 Å². The Bertz CT molecular complexity index is 1010. The summed E-state index contributed by atoms with van der Waals surface area (Å²) < 4.78 is 0. The lowest BCUT2D eigenvalue weighted by Crippen LogP contribution is -2.36. The van der Waals surface area contributed by atoms with Gasteiger partial charge < -0.3 is 10.6 Å². The maximum absolute atomic E-state index is 12.4. The molecule has 0 fully saturated rings. The fraction of sp³-hybridized carbons (Fsp3) is 0.217. The van der Waals surface area contributed by atoms with Gasteiger partial charge in [-0.25, -0.2) is 0 Å². The predicted octanol–water partition coefficient (Wildman–Crippen LogP) is 3.97. The Morgan fingerprint density at radius 3 is 2.21 bits per heavy atom. The van der Waals surface area contributed by atoms with E-state index in [0.717, 1.165) is 33.3 Å². The van der Waals surface area contributed by atoms with Crippen LogP contribution in [0.3, 0.4) is 0 Å². The molecule has 0 saturated heterocycles. The first-order valence-electron chi connectivity index (χ1n) is 9.25. The van der Waals surface area contributed by atoms with Gasteiger partial charge in [-0.05, 0) is 49.5 Å². The Morgan fingerprint density at radius 1 is 0.821 bits per heavy atom. The van der Waals surface area contributed by atoms with Crippen LogP contribution in [0.5, 0.6) is 0 Å². The number of carbonyl (C=O) groups excluding carboxylic acids is 2. The van der Waals surface area contributed by atoms with Crippen LogP contribution in [0.15, 0.2) is 60.7 Å². The van der Waals surface area contributed by atoms with E-state index in [9.17, 15) is 9.59 Å². The molecule has 0 heterocycles. The number of amides is 2. The molecule has 144 valence electrons. The van der Waals surface area contributed by atoms with Crippen LogP contribution >= 0.6 is 0 Å². The number of anilines is 2. The van der Waals surface area contributed by atoms with E-state index in [1.54, 1.807) is 11.9 Å². The molecule has 3 rings (SSSR count). The molecule has 3 aromatic rings. The summed E-state index contributed by atoms with van der Waals surface area (Å²) in [6, 6.07) is 19.6. The third-order valence-electron chi connectivity index (χ3n) is 4.56. The second-order valence-electron chi connectivity index (χ2n) is 7.11. The molecule has 0 aliphatic rings. The average Bonchev–Trinajstić information content (AvgIpc) is 2.64. The summed E-state index contributed by atoms with van der Waals surface area (Å²) in [5, 5.41) is 7.92. The number of carbonyl (C=O) groups is 2. The predicted molar refractivity (Wildman–Crippen MR) is 115 cm³/mol. The van der Waals surface area contributed by atoms with Crippen LogP contribution in [0.4, 0.5) is 11.4 Å². The zero-order valence-corrected chi connectivity index (χ0v) is 16.5. The summed E-state index contributed by atoms with van der Waals surface area (Å²) in [5.41, 5.74) is 3.67. The second kappa shape index (κ2) is 8.67. The molecule has 0 aliphatic heterocycles. The summed E-state index contributed by atoms with van der Waals surface area (Å²) in [7, 11) is 1.76. The van der Waals surface area contributed by atoms with Crippen LogP contribution in [-0.4, -0.2) is 36.9 Å². The van der Waals surface area contributed by atoms with Crippen molar-refractivity contribution < 1.29 is 9.59 Å². The number of hydrogen-bond acceptors (Lipinski definition) is 3. The normalized spacial score (nSPS) is 10.9. The Labute approximate surface area is 165 Å². The third kappa shape index (κ3) is 4.96. The van der Waals surface area contributed by atoms with E-state index in [2.05, 4.69) is 10.6 Å². The van der Waals surface area contributed by atoms with Crippen LogP contribution in [0, 0.1) is 13.8 Å². The van der Waals surface area contributed by atoms with Crippen molar-refractivity contribution in [2.24, 2.45) is 0 Å². The number of fused-ring (bicyclic) bond motifs is 1. The summed E-state index contributed by atoms with van der Waals surface area (Å²) in [6.45, 7) is 4.20. The maximum atomic E-state index is 12.4. The molecule has 0 spiro atoms. The third-order valence-corrected chi connectivity index (χ3v) is 4.56. The number of nitrogens with one attached hydrogen (secondary N) is 2. The van der Waals surface area contributed by atoms with Crippen LogP contribution < -0.4 is 10.6 Å². The van der Waals surface area contributed by atoms with Gasteiger partial charge >= 0.3 is 0 Å². The van der Waals surface area contributed by atoms with Crippen molar-refractivity contribution in [1.82, 2.24) is 4.90 Å². The molecule has 3 aromatic carbocycles. The highest BCUT2D eigenvalue weighted by atomic mass is 16.2. The van der Waals surface area contributed by atoms with Crippen molar-refractivity contribution in [2.45, 2.75) is 13.8 Å². The highest BCUT2D eigenvalue weighted by Crippen LogP contribution is 2.22. The monoisotopic (exact) mass is 375 g/mol.